The van der Waals surface area contributed by atoms with E-state index in [-0.39, 0.29) is 17.4 Å². The van der Waals surface area contributed by atoms with E-state index in [4.69, 9.17) is 10.5 Å². The number of nitrogens with zero attached hydrogens (tertiary/aromatic N) is 1. The standard InChI is InChI=1S/C11H13N3O3/c1-13-11(16)8-7(17-6-2-3-6)4-5-14-9(8)10(12)15/h4-6H,2-3H2,1H3,(H2,12,15)(H,13,16). The Balaban J connectivity index is 2.45. The highest BCUT2D eigenvalue weighted by Crippen LogP contribution is 2.29. The molecule has 90 valence electrons. The van der Waals surface area contributed by atoms with Crippen LogP contribution in [0.1, 0.15) is 33.7 Å². The average molecular weight is 235 g/mol. The van der Waals surface area contributed by atoms with Crippen molar-refractivity contribution in [2.45, 2.75) is 18.9 Å². The lowest BCUT2D eigenvalue weighted by molar-refractivity contribution is 0.0936. The summed E-state index contributed by atoms with van der Waals surface area (Å²) in [4.78, 5) is 26.8. The third-order valence-electron chi connectivity index (χ3n) is 2.42. The summed E-state index contributed by atoms with van der Waals surface area (Å²) in [5, 5.41) is 2.44. The van der Waals surface area contributed by atoms with Crippen LogP contribution in [0.25, 0.3) is 0 Å². The van der Waals surface area contributed by atoms with E-state index >= 15 is 0 Å². The third-order valence-corrected chi connectivity index (χ3v) is 2.42. The van der Waals surface area contributed by atoms with Crippen LogP contribution in [0.5, 0.6) is 5.75 Å². The Kier molecular flexibility index (Phi) is 2.95. The van der Waals surface area contributed by atoms with Gasteiger partial charge in [0, 0.05) is 13.2 Å². The Morgan fingerprint density at radius 2 is 2.24 bits per heavy atom. The van der Waals surface area contributed by atoms with E-state index in [1.54, 1.807) is 6.07 Å². The number of ether oxygens (including phenoxy) is 1. The largest absolute Gasteiger partial charge is 0.489 e. The van der Waals surface area contributed by atoms with Crippen LogP contribution >= 0.6 is 0 Å². The minimum atomic E-state index is -0.746. The zero-order chi connectivity index (χ0) is 12.4. The van der Waals surface area contributed by atoms with Gasteiger partial charge in [-0.15, -0.1) is 0 Å². The molecule has 6 nitrogen and oxygen atoms in total. The quantitative estimate of drug-likeness (QED) is 0.772. The number of aromatic nitrogens is 1. The van der Waals surface area contributed by atoms with Crippen molar-refractivity contribution in [1.29, 1.82) is 0 Å². The molecule has 0 bridgehead atoms. The molecule has 0 aromatic carbocycles. The first-order chi connectivity index (χ1) is 8.13. The molecule has 0 atom stereocenters. The normalized spacial score (nSPS) is 14.2. The lowest BCUT2D eigenvalue weighted by Gasteiger charge is -2.11. The van der Waals surface area contributed by atoms with Gasteiger partial charge >= 0.3 is 0 Å². The first kappa shape index (κ1) is 11.4. The number of hydrogen-bond acceptors (Lipinski definition) is 4. The second kappa shape index (κ2) is 4.40. The second-order valence-electron chi connectivity index (χ2n) is 3.79. The molecular weight excluding hydrogens is 222 g/mol. The summed E-state index contributed by atoms with van der Waals surface area (Å²) in [5.74, 6) is -0.817. The minimum absolute atomic E-state index is 0.0671. The maximum Gasteiger partial charge on any atom is 0.268 e. The molecule has 0 saturated heterocycles. The van der Waals surface area contributed by atoms with Gasteiger partial charge in [0.25, 0.3) is 11.8 Å². The molecule has 0 unspecified atom stereocenters. The maximum absolute atomic E-state index is 11.7. The molecule has 17 heavy (non-hydrogen) atoms. The number of carbonyl (C=O) groups is 2. The highest BCUT2D eigenvalue weighted by Gasteiger charge is 2.28. The molecule has 0 aliphatic heterocycles. The predicted molar refractivity (Wildman–Crippen MR) is 59.8 cm³/mol. The molecule has 1 aromatic rings. The molecule has 1 fully saturated rings. The van der Waals surface area contributed by atoms with Crippen LogP contribution in [0.15, 0.2) is 12.3 Å². The van der Waals surface area contributed by atoms with E-state index in [1.807, 2.05) is 0 Å². The van der Waals surface area contributed by atoms with Crippen molar-refractivity contribution in [1.82, 2.24) is 10.3 Å². The van der Waals surface area contributed by atoms with Crippen molar-refractivity contribution in [3.8, 4) is 5.75 Å². The Morgan fingerprint density at radius 1 is 1.53 bits per heavy atom. The number of amides is 2. The summed E-state index contributed by atoms with van der Waals surface area (Å²) in [6, 6.07) is 1.56. The van der Waals surface area contributed by atoms with E-state index in [1.165, 1.54) is 13.2 Å². The van der Waals surface area contributed by atoms with Crippen LogP contribution in [-0.4, -0.2) is 29.9 Å². The van der Waals surface area contributed by atoms with E-state index in [9.17, 15) is 9.59 Å². The molecule has 1 aromatic heterocycles. The summed E-state index contributed by atoms with van der Waals surface area (Å²) >= 11 is 0. The van der Waals surface area contributed by atoms with Gasteiger partial charge in [-0.3, -0.25) is 9.59 Å². The summed E-state index contributed by atoms with van der Waals surface area (Å²) < 4.78 is 5.56. The van der Waals surface area contributed by atoms with Crippen LogP contribution in [0.4, 0.5) is 0 Å². The smallest absolute Gasteiger partial charge is 0.268 e. The van der Waals surface area contributed by atoms with Crippen molar-refractivity contribution in [2.75, 3.05) is 7.05 Å². The third kappa shape index (κ3) is 2.35. The number of nitrogens with two attached hydrogens (primary N) is 1. The molecule has 2 rings (SSSR count). The van der Waals surface area contributed by atoms with Gasteiger partial charge in [0.1, 0.15) is 17.0 Å². The van der Waals surface area contributed by atoms with Crippen LogP contribution in [0.2, 0.25) is 0 Å². The summed E-state index contributed by atoms with van der Waals surface area (Å²) in [6.45, 7) is 0. The molecule has 1 saturated carbocycles. The SMILES string of the molecule is CNC(=O)c1c(OC2CC2)ccnc1C(N)=O. The number of primary amides is 1. The minimum Gasteiger partial charge on any atom is -0.489 e. The van der Waals surface area contributed by atoms with Crippen molar-refractivity contribution in [2.24, 2.45) is 5.73 Å². The zero-order valence-electron chi connectivity index (χ0n) is 9.40. The van der Waals surface area contributed by atoms with Gasteiger partial charge in [0.05, 0.1) is 6.10 Å². The molecule has 1 aliphatic rings. The number of nitrogens with one attached hydrogen (secondary N) is 1. The van der Waals surface area contributed by atoms with Crippen LogP contribution in [0.3, 0.4) is 0 Å². The first-order valence-electron chi connectivity index (χ1n) is 5.31. The van der Waals surface area contributed by atoms with Gasteiger partial charge in [-0.2, -0.15) is 0 Å². The van der Waals surface area contributed by atoms with Crippen LogP contribution in [0, 0.1) is 0 Å². The Bertz CT molecular complexity index is 469. The summed E-state index contributed by atoms with van der Waals surface area (Å²) in [7, 11) is 1.47. The Morgan fingerprint density at radius 3 is 2.76 bits per heavy atom. The lowest BCUT2D eigenvalue weighted by Crippen LogP contribution is -2.25. The summed E-state index contributed by atoms with van der Waals surface area (Å²) in [6.07, 6.45) is 3.45. The fourth-order valence-electron chi connectivity index (χ4n) is 1.44. The average Bonchev–Trinajstić information content (AvgIpc) is 3.11. The summed E-state index contributed by atoms with van der Waals surface area (Å²) in [5.41, 5.74) is 5.22. The maximum atomic E-state index is 11.7. The van der Waals surface area contributed by atoms with Gasteiger partial charge in [-0.25, -0.2) is 4.98 Å². The molecule has 1 heterocycles. The molecule has 3 N–H and O–H groups in total. The van der Waals surface area contributed by atoms with Crippen LogP contribution < -0.4 is 15.8 Å². The van der Waals surface area contributed by atoms with Gasteiger partial charge in [0.15, 0.2) is 0 Å². The lowest BCUT2D eigenvalue weighted by atomic mass is 10.1. The van der Waals surface area contributed by atoms with Crippen molar-refractivity contribution >= 4 is 11.8 Å². The van der Waals surface area contributed by atoms with Crippen LogP contribution in [-0.2, 0) is 0 Å². The molecule has 1 aliphatic carbocycles. The predicted octanol–water partition coefficient (Wildman–Crippen LogP) is 0.0813. The fraction of sp³-hybridized carbons (Fsp3) is 0.364. The van der Waals surface area contributed by atoms with E-state index < -0.39 is 11.8 Å². The number of carbonyl (C=O) groups excluding carboxylic acids is 2. The van der Waals surface area contributed by atoms with Crippen molar-refractivity contribution in [3.05, 3.63) is 23.5 Å². The zero-order valence-corrected chi connectivity index (χ0v) is 9.40. The molecular formula is C11H13N3O3. The van der Waals surface area contributed by atoms with Gasteiger partial charge < -0.3 is 15.8 Å². The molecule has 0 spiro atoms. The number of pyridine rings is 1. The van der Waals surface area contributed by atoms with Crippen molar-refractivity contribution in [3.63, 3.8) is 0 Å². The fourth-order valence-corrected chi connectivity index (χ4v) is 1.44. The van der Waals surface area contributed by atoms with Gasteiger partial charge in [-0.05, 0) is 18.9 Å². The highest BCUT2D eigenvalue weighted by molar-refractivity contribution is 6.07. The number of rotatable bonds is 4. The number of hydrogen-bond donors (Lipinski definition) is 2. The molecule has 2 amide bonds. The first-order valence-corrected chi connectivity index (χ1v) is 5.31. The molecule has 6 heteroatoms. The topological polar surface area (TPSA) is 94.3 Å². The monoisotopic (exact) mass is 235 g/mol. The molecule has 0 radical (unpaired) electrons. The van der Waals surface area contributed by atoms with E-state index in [0.29, 0.717) is 5.75 Å². The second-order valence-corrected chi connectivity index (χ2v) is 3.79. The Hall–Kier alpha value is -2.11. The van der Waals surface area contributed by atoms with Crippen molar-refractivity contribution < 1.29 is 14.3 Å². The highest BCUT2D eigenvalue weighted by atomic mass is 16.5. The Labute approximate surface area is 98.2 Å². The van der Waals surface area contributed by atoms with E-state index in [2.05, 4.69) is 10.3 Å². The van der Waals surface area contributed by atoms with Gasteiger partial charge in [-0.1, -0.05) is 0 Å². The van der Waals surface area contributed by atoms with E-state index in [0.717, 1.165) is 12.8 Å². The van der Waals surface area contributed by atoms with Gasteiger partial charge in [0.2, 0.25) is 0 Å².